The van der Waals surface area contributed by atoms with Crippen molar-refractivity contribution in [2.75, 3.05) is 12.3 Å². The van der Waals surface area contributed by atoms with E-state index in [1.165, 1.54) is 0 Å². The zero-order valence-electron chi connectivity index (χ0n) is 21.0. The molecule has 0 bridgehead atoms. The van der Waals surface area contributed by atoms with Gasteiger partial charge in [-0.15, -0.1) is 0 Å². The van der Waals surface area contributed by atoms with Crippen LogP contribution in [-0.4, -0.2) is 28.2 Å². The number of carbonyl (C=O) groups excluding carboxylic acids is 1. The molecule has 39 heavy (non-hydrogen) atoms. The standard InChI is InChI=1S/C29H28Cl2N6O2/c30-22-5-1-3-18(13-22)11-12-35-26-15-24(31)28(21-4-2-6-23(32)14-21)25(37(26)39)16-27(38)36-17-19-7-9-20(10-8-19)29(33)34/h1-10,13-15,39H,11-12,16-17,32H2,(H3,33,34)(H,36,38). The maximum Gasteiger partial charge on any atom is 0.226 e. The zero-order chi connectivity index (χ0) is 27.9. The first-order valence-electron chi connectivity index (χ1n) is 12.2. The van der Waals surface area contributed by atoms with Gasteiger partial charge in [0, 0.05) is 41.0 Å². The largest absolute Gasteiger partial charge is 0.427 e. The number of amidine groups is 1. The normalized spacial score (nSPS) is 11.4. The third-order valence-electron chi connectivity index (χ3n) is 6.08. The van der Waals surface area contributed by atoms with E-state index in [4.69, 9.17) is 40.1 Å². The summed E-state index contributed by atoms with van der Waals surface area (Å²) in [6.07, 6.45) is 0.441. The summed E-state index contributed by atoms with van der Waals surface area (Å²) in [5.74, 6) is -0.354. The highest BCUT2D eigenvalue weighted by molar-refractivity contribution is 6.33. The van der Waals surface area contributed by atoms with Crippen molar-refractivity contribution in [3.05, 3.63) is 117 Å². The van der Waals surface area contributed by atoms with Crippen LogP contribution >= 0.6 is 23.2 Å². The number of nitrogens with two attached hydrogens (primary N) is 2. The van der Waals surface area contributed by atoms with E-state index >= 15 is 0 Å². The van der Waals surface area contributed by atoms with Crippen molar-refractivity contribution in [2.45, 2.75) is 19.4 Å². The van der Waals surface area contributed by atoms with E-state index in [1.807, 2.05) is 24.3 Å². The number of hydrogen-bond acceptors (Lipinski definition) is 5. The molecule has 3 aromatic carbocycles. The molecule has 10 heteroatoms. The predicted octanol–water partition coefficient (Wildman–Crippen LogP) is 4.57. The molecule has 7 N–H and O–H groups in total. The van der Waals surface area contributed by atoms with Gasteiger partial charge >= 0.3 is 0 Å². The Morgan fingerprint density at radius 1 is 1.00 bits per heavy atom. The summed E-state index contributed by atoms with van der Waals surface area (Å²) in [4.78, 5) is 17.5. The minimum atomic E-state index is -0.328. The van der Waals surface area contributed by atoms with Crippen LogP contribution in [0.4, 0.5) is 5.69 Å². The fourth-order valence-corrected chi connectivity index (χ4v) is 4.64. The summed E-state index contributed by atoms with van der Waals surface area (Å²) in [7, 11) is 0. The number of benzene rings is 3. The number of halogens is 2. The Labute approximate surface area is 236 Å². The van der Waals surface area contributed by atoms with Crippen molar-refractivity contribution in [1.29, 1.82) is 5.41 Å². The first-order valence-corrected chi connectivity index (χ1v) is 12.9. The number of nitrogens with one attached hydrogen (secondary N) is 2. The van der Waals surface area contributed by atoms with Crippen molar-refractivity contribution < 1.29 is 10.0 Å². The number of rotatable bonds is 9. The van der Waals surface area contributed by atoms with Crippen molar-refractivity contribution in [1.82, 2.24) is 10.0 Å². The molecule has 8 nitrogen and oxygen atoms in total. The van der Waals surface area contributed by atoms with Crippen molar-refractivity contribution in [2.24, 2.45) is 10.7 Å². The van der Waals surface area contributed by atoms with Gasteiger partial charge in [-0.3, -0.25) is 15.2 Å². The third-order valence-corrected chi connectivity index (χ3v) is 6.61. The van der Waals surface area contributed by atoms with Crippen LogP contribution in [0.25, 0.3) is 11.1 Å². The molecule has 0 aliphatic heterocycles. The van der Waals surface area contributed by atoms with Crippen molar-refractivity contribution in [3.63, 3.8) is 0 Å². The van der Waals surface area contributed by atoms with Crippen LogP contribution in [0, 0.1) is 5.41 Å². The topological polar surface area (TPSA) is 143 Å². The zero-order valence-corrected chi connectivity index (χ0v) is 22.5. The predicted molar refractivity (Wildman–Crippen MR) is 155 cm³/mol. The molecule has 0 atom stereocenters. The number of nitrogen functional groups attached to an aromatic ring is 2. The van der Waals surface area contributed by atoms with Crippen LogP contribution in [0.15, 0.2) is 83.9 Å². The molecule has 1 aromatic heterocycles. The van der Waals surface area contributed by atoms with Crippen LogP contribution in [0.1, 0.15) is 22.4 Å². The first kappa shape index (κ1) is 27.8. The number of carbonyl (C=O) groups is 1. The lowest BCUT2D eigenvalue weighted by Crippen LogP contribution is -2.30. The van der Waals surface area contributed by atoms with E-state index in [2.05, 4.69) is 10.3 Å². The Kier molecular flexibility index (Phi) is 8.91. The molecule has 0 saturated carbocycles. The lowest BCUT2D eigenvalue weighted by molar-refractivity contribution is -0.120. The van der Waals surface area contributed by atoms with Gasteiger partial charge in [-0.2, -0.15) is 4.73 Å². The summed E-state index contributed by atoms with van der Waals surface area (Å²) in [5, 5.41) is 22.5. The van der Waals surface area contributed by atoms with Gasteiger partial charge < -0.3 is 22.0 Å². The number of aromatic nitrogens is 1. The van der Waals surface area contributed by atoms with Crippen LogP contribution in [0.5, 0.6) is 0 Å². The van der Waals surface area contributed by atoms with Gasteiger partial charge in [0.25, 0.3) is 0 Å². The fraction of sp³-hybridized carbons (Fsp3) is 0.138. The van der Waals surface area contributed by atoms with Crippen LogP contribution < -0.4 is 22.3 Å². The molecule has 0 aliphatic carbocycles. The van der Waals surface area contributed by atoms with E-state index in [-0.39, 0.29) is 35.9 Å². The number of amides is 1. The molecule has 4 aromatic rings. The molecule has 1 amide bonds. The minimum absolute atomic E-state index is 0.0260. The minimum Gasteiger partial charge on any atom is -0.427 e. The van der Waals surface area contributed by atoms with E-state index in [0.717, 1.165) is 15.9 Å². The Morgan fingerprint density at radius 3 is 2.44 bits per heavy atom. The molecular formula is C29H28Cl2N6O2. The lowest BCUT2D eigenvalue weighted by atomic mass is 10.0. The number of nitrogens with zero attached hydrogens (tertiary/aromatic N) is 2. The molecule has 0 aliphatic rings. The van der Waals surface area contributed by atoms with Crippen LogP contribution in [0.2, 0.25) is 10.0 Å². The molecule has 4 rings (SSSR count). The summed E-state index contributed by atoms with van der Waals surface area (Å²) in [6.45, 7) is 0.629. The summed E-state index contributed by atoms with van der Waals surface area (Å²) < 4.78 is 0.906. The maximum absolute atomic E-state index is 13.0. The second-order valence-corrected chi connectivity index (χ2v) is 9.78. The average Bonchev–Trinajstić information content (AvgIpc) is 2.90. The van der Waals surface area contributed by atoms with Crippen LogP contribution in [-0.2, 0) is 24.2 Å². The quantitative estimate of drug-likeness (QED) is 0.0880. The molecule has 0 unspecified atom stereocenters. The molecular weight excluding hydrogens is 535 g/mol. The summed E-state index contributed by atoms with van der Waals surface area (Å²) in [5.41, 5.74) is 16.1. The molecule has 0 saturated heterocycles. The molecule has 0 spiro atoms. The number of pyridine rings is 1. The third kappa shape index (κ3) is 7.19. The van der Waals surface area contributed by atoms with Crippen LogP contribution in [0.3, 0.4) is 0 Å². The van der Waals surface area contributed by atoms with E-state index in [9.17, 15) is 10.0 Å². The SMILES string of the molecule is N=C(N)c1ccc(CNC(=O)Cc2c(-c3cccc(N)c3)c(Cl)cc(=NCCc3cccc(Cl)c3)n2O)cc1. The summed E-state index contributed by atoms with van der Waals surface area (Å²) >= 11 is 12.8. The molecule has 0 fully saturated rings. The lowest BCUT2D eigenvalue weighted by Gasteiger charge is -2.16. The smallest absolute Gasteiger partial charge is 0.226 e. The van der Waals surface area contributed by atoms with Crippen molar-refractivity contribution in [3.8, 4) is 11.1 Å². The Hall–Kier alpha value is -4.27. The van der Waals surface area contributed by atoms with Gasteiger partial charge in [-0.1, -0.05) is 71.7 Å². The Balaban J connectivity index is 1.62. The molecule has 200 valence electrons. The van der Waals surface area contributed by atoms with Crippen molar-refractivity contribution >= 4 is 40.6 Å². The number of hydrogen-bond donors (Lipinski definition) is 5. The monoisotopic (exact) mass is 562 g/mol. The van der Waals surface area contributed by atoms with Gasteiger partial charge in [0.15, 0.2) is 5.49 Å². The molecule has 1 heterocycles. The highest BCUT2D eigenvalue weighted by Crippen LogP contribution is 2.31. The highest BCUT2D eigenvalue weighted by Gasteiger charge is 2.19. The van der Waals surface area contributed by atoms with Gasteiger partial charge in [0.2, 0.25) is 5.91 Å². The summed E-state index contributed by atoms with van der Waals surface area (Å²) in [6, 6.07) is 23.1. The van der Waals surface area contributed by atoms with Gasteiger partial charge in [0.1, 0.15) is 5.84 Å². The van der Waals surface area contributed by atoms with E-state index in [0.29, 0.717) is 45.4 Å². The second-order valence-electron chi connectivity index (χ2n) is 8.94. The highest BCUT2D eigenvalue weighted by atomic mass is 35.5. The Bertz CT molecular complexity index is 1580. The first-order chi connectivity index (χ1) is 18.7. The molecule has 0 radical (unpaired) electrons. The van der Waals surface area contributed by atoms with E-state index in [1.54, 1.807) is 54.6 Å². The van der Waals surface area contributed by atoms with Gasteiger partial charge in [-0.25, -0.2) is 0 Å². The average molecular weight is 563 g/mol. The van der Waals surface area contributed by atoms with Gasteiger partial charge in [0.05, 0.1) is 17.1 Å². The fourth-order valence-electron chi connectivity index (χ4n) is 4.11. The second kappa shape index (κ2) is 12.5. The van der Waals surface area contributed by atoms with Gasteiger partial charge in [-0.05, 0) is 47.4 Å². The maximum atomic E-state index is 13.0. The van der Waals surface area contributed by atoms with E-state index < -0.39 is 0 Å². The Morgan fingerprint density at radius 2 is 1.74 bits per heavy atom. The number of anilines is 1.